The number of halogens is 3. The Bertz CT molecular complexity index is 836. The second kappa shape index (κ2) is 6.12. The summed E-state index contributed by atoms with van der Waals surface area (Å²) in [6.45, 7) is -0.0933. The van der Waals surface area contributed by atoms with E-state index < -0.39 is 18.1 Å². The van der Waals surface area contributed by atoms with Crippen molar-refractivity contribution < 1.29 is 13.2 Å². The lowest BCUT2D eigenvalue weighted by Crippen LogP contribution is -2.38. The number of alkyl halides is 3. The Hall–Kier alpha value is -2.35. The number of benzene rings is 1. The molecule has 4 N–H and O–H groups in total. The molecule has 5 nitrogen and oxygen atoms in total. The number of nitrogen functional groups attached to an aromatic ring is 1. The van der Waals surface area contributed by atoms with Crippen molar-refractivity contribution in [2.45, 2.75) is 31.5 Å². The van der Waals surface area contributed by atoms with E-state index in [1.54, 1.807) is 4.90 Å². The monoisotopic (exact) mass is 363 g/mol. The second-order valence-electron chi connectivity index (χ2n) is 6.96. The summed E-state index contributed by atoms with van der Waals surface area (Å²) in [5, 5.41) is 0. The summed E-state index contributed by atoms with van der Waals surface area (Å²) in [7, 11) is 0. The van der Waals surface area contributed by atoms with Gasteiger partial charge in [0, 0.05) is 30.3 Å². The topological polar surface area (TPSA) is 81.1 Å². The van der Waals surface area contributed by atoms with Crippen LogP contribution >= 0.6 is 0 Å². The molecule has 0 saturated carbocycles. The first-order valence-corrected chi connectivity index (χ1v) is 8.66. The maximum Gasteiger partial charge on any atom is 0.395 e. The van der Waals surface area contributed by atoms with E-state index in [4.69, 9.17) is 11.5 Å². The first-order chi connectivity index (χ1) is 12.3. The number of aryl methyl sites for hydroxylation is 1. The first kappa shape index (κ1) is 17.1. The van der Waals surface area contributed by atoms with Gasteiger partial charge in [0.25, 0.3) is 0 Å². The Morgan fingerprint density at radius 1 is 1.08 bits per heavy atom. The van der Waals surface area contributed by atoms with E-state index in [2.05, 4.69) is 9.97 Å². The molecule has 2 atom stereocenters. The largest absolute Gasteiger partial charge is 0.395 e. The minimum absolute atomic E-state index is 0.0690. The van der Waals surface area contributed by atoms with E-state index in [1.807, 2.05) is 24.3 Å². The Morgan fingerprint density at radius 3 is 2.58 bits per heavy atom. The van der Waals surface area contributed by atoms with Crippen LogP contribution in [0.4, 0.5) is 24.9 Å². The number of anilines is 2. The second-order valence-corrected chi connectivity index (χ2v) is 6.96. The quantitative estimate of drug-likeness (QED) is 0.814. The lowest BCUT2D eigenvalue weighted by Gasteiger charge is -2.22. The van der Waals surface area contributed by atoms with Crippen molar-refractivity contribution >= 4 is 11.8 Å². The molecular formula is C18H20F3N5. The van der Waals surface area contributed by atoms with Gasteiger partial charge in [-0.2, -0.15) is 18.2 Å². The summed E-state index contributed by atoms with van der Waals surface area (Å²) in [4.78, 5) is 10.3. The molecular weight excluding hydrogens is 343 g/mol. The number of hydrogen-bond donors (Lipinski definition) is 2. The van der Waals surface area contributed by atoms with Gasteiger partial charge in [-0.1, -0.05) is 24.3 Å². The van der Waals surface area contributed by atoms with Crippen molar-refractivity contribution in [2.75, 3.05) is 23.7 Å². The molecule has 0 unspecified atom stereocenters. The average molecular weight is 363 g/mol. The van der Waals surface area contributed by atoms with E-state index in [9.17, 15) is 13.2 Å². The zero-order chi connectivity index (χ0) is 18.5. The average Bonchev–Trinajstić information content (AvgIpc) is 2.88. The number of nitrogens with zero attached hydrogens (tertiary/aromatic N) is 3. The molecule has 1 aromatic heterocycles. The van der Waals surface area contributed by atoms with Crippen LogP contribution in [0.5, 0.6) is 0 Å². The molecule has 0 bridgehead atoms. The molecule has 4 rings (SSSR count). The fourth-order valence-corrected chi connectivity index (χ4v) is 3.98. The SMILES string of the molecule is Nc1nc2c(c(N3C[C@H](N)[C@@H](C(F)(F)F)C3)n1)CCCc1ccccc1-2. The van der Waals surface area contributed by atoms with E-state index in [0.29, 0.717) is 12.2 Å². The molecule has 2 aromatic rings. The molecule has 2 heterocycles. The Morgan fingerprint density at radius 2 is 1.85 bits per heavy atom. The normalized spacial score (nSPS) is 22.7. The maximum atomic E-state index is 13.2. The molecule has 0 spiro atoms. The van der Waals surface area contributed by atoms with Gasteiger partial charge in [0.1, 0.15) is 5.82 Å². The number of fused-ring (bicyclic) bond motifs is 3. The summed E-state index contributed by atoms with van der Waals surface area (Å²) in [6, 6.07) is 6.96. The van der Waals surface area contributed by atoms with Crippen molar-refractivity contribution in [2.24, 2.45) is 11.7 Å². The lowest BCUT2D eigenvalue weighted by atomic mass is 10.0. The Balaban J connectivity index is 1.80. The maximum absolute atomic E-state index is 13.2. The van der Waals surface area contributed by atoms with E-state index in [0.717, 1.165) is 29.7 Å². The van der Waals surface area contributed by atoms with E-state index >= 15 is 0 Å². The number of aromatic nitrogens is 2. The molecule has 2 aliphatic rings. The van der Waals surface area contributed by atoms with Gasteiger partial charge in [-0.05, 0) is 24.8 Å². The van der Waals surface area contributed by atoms with Gasteiger partial charge in [-0.25, -0.2) is 4.98 Å². The van der Waals surface area contributed by atoms with Gasteiger partial charge in [0.2, 0.25) is 5.95 Å². The van der Waals surface area contributed by atoms with Gasteiger partial charge in [0.05, 0.1) is 11.6 Å². The lowest BCUT2D eigenvalue weighted by molar-refractivity contribution is -0.171. The van der Waals surface area contributed by atoms with Crippen LogP contribution < -0.4 is 16.4 Å². The highest BCUT2D eigenvalue weighted by Gasteiger charge is 2.49. The Kier molecular flexibility index (Phi) is 4.02. The van der Waals surface area contributed by atoms with Crippen LogP contribution in [0.15, 0.2) is 24.3 Å². The third kappa shape index (κ3) is 2.88. The van der Waals surface area contributed by atoms with Crippen LogP contribution in [0.25, 0.3) is 11.3 Å². The van der Waals surface area contributed by atoms with Crippen LogP contribution in [-0.2, 0) is 12.8 Å². The zero-order valence-electron chi connectivity index (χ0n) is 14.1. The van der Waals surface area contributed by atoms with Gasteiger partial charge < -0.3 is 16.4 Å². The third-order valence-electron chi connectivity index (χ3n) is 5.23. The van der Waals surface area contributed by atoms with Crippen LogP contribution in [0.1, 0.15) is 17.5 Å². The predicted octanol–water partition coefficient (Wildman–Crippen LogP) is 2.54. The summed E-state index contributed by atoms with van der Waals surface area (Å²) in [5.41, 5.74) is 15.4. The highest BCUT2D eigenvalue weighted by Crippen LogP contribution is 2.39. The number of rotatable bonds is 1. The summed E-state index contributed by atoms with van der Waals surface area (Å²) in [6.07, 6.45) is -1.86. The summed E-state index contributed by atoms with van der Waals surface area (Å²) >= 11 is 0. The van der Waals surface area contributed by atoms with Crippen molar-refractivity contribution in [3.8, 4) is 11.3 Å². The van der Waals surface area contributed by atoms with Crippen molar-refractivity contribution in [1.29, 1.82) is 0 Å². The van der Waals surface area contributed by atoms with E-state index in [-0.39, 0.29) is 19.0 Å². The van der Waals surface area contributed by atoms with Crippen LogP contribution in [0.2, 0.25) is 0 Å². The number of hydrogen-bond acceptors (Lipinski definition) is 5. The molecule has 1 saturated heterocycles. The van der Waals surface area contributed by atoms with Gasteiger partial charge in [0.15, 0.2) is 0 Å². The summed E-state index contributed by atoms with van der Waals surface area (Å²) < 4.78 is 39.6. The minimum atomic E-state index is -4.32. The standard InChI is InChI=1S/C18H20F3N5/c19-18(20,21)13-8-26(9-14(13)22)16-12-7-3-5-10-4-1-2-6-11(10)15(12)24-17(23)25-16/h1-2,4,6,13-14H,3,5,7-9,22H2,(H2,23,24,25)/t13-,14-/m0/s1. The molecule has 138 valence electrons. The smallest absolute Gasteiger partial charge is 0.368 e. The van der Waals surface area contributed by atoms with Gasteiger partial charge in [-0.15, -0.1) is 0 Å². The molecule has 0 amide bonds. The molecule has 26 heavy (non-hydrogen) atoms. The van der Waals surface area contributed by atoms with E-state index in [1.165, 1.54) is 5.56 Å². The van der Waals surface area contributed by atoms with Crippen LogP contribution in [-0.4, -0.2) is 35.3 Å². The van der Waals surface area contributed by atoms with Crippen LogP contribution in [0.3, 0.4) is 0 Å². The minimum Gasteiger partial charge on any atom is -0.368 e. The summed E-state index contributed by atoms with van der Waals surface area (Å²) in [5.74, 6) is -1.00. The van der Waals surface area contributed by atoms with Gasteiger partial charge in [-0.3, -0.25) is 0 Å². The van der Waals surface area contributed by atoms with Crippen molar-refractivity contribution in [1.82, 2.24) is 9.97 Å². The van der Waals surface area contributed by atoms with Crippen molar-refractivity contribution in [3.63, 3.8) is 0 Å². The molecule has 1 aliphatic heterocycles. The fraction of sp³-hybridized carbons (Fsp3) is 0.444. The molecule has 0 radical (unpaired) electrons. The third-order valence-corrected chi connectivity index (χ3v) is 5.23. The molecule has 1 fully saturated rings. The highest BCUT2D eigenvalue weighted by atomic mass is 19.4. The highest BCUT2D eigenvalue weighted by molar-refractivity contribution is 5.74. The predicted molar refractivity (Wildman–Crippen MR) is 93.6 cm³/mol. The van der Waals surface area contributed by atoms with Crippen LogP contribution in [0, 0.1) is 5.92 Å². The molecule has 1 aromatic carbocycles. The zero-order valence-corrected chi connectivity index (χ0v) is 14.1. The van der Waals surface area contributed by atoms with Crippen molar-refractivity contribution in [3.05, 3.63) is 35.4 Å². The van der Waals surface area contributed by atoms with Gasteiger partial charge >= 0.3 is 6.18 Å². The molecule has 8 heteroatoms. The molecule has 1 aliphatic carbocycles. The first-order valence-electron chi connectivity index (χ1n) is 8.66. The Labute approximate surface area is 149 Å². The number of nitrogens with two attached hydrogens (primary N) is 2. The fourth-order valence-electron chi connectivity index (χ4n) is 3.98.